The van der Waals surface area contributed by atoms with Crippen LogP contribution in [0.15, 0.2) is 36.5 Å². The zero-order chi connectivity index (χ0) is 14.3. The Hall–Kier alpha value is -1.83. The van der Waals surface area contributed by atoms with Crippen molar-refractivity contribution in [1.29, 1.82) is 0 Å². The lowest BCUT2D eigenvalue weighted by molar-refractivity contribution is 0.476. The third-order valence-corrected chi connectivity index (χ3v) is 2.76. The highest BCUT2D eigenvalue weighted by Crippen LogP contribution is 2.25. The summed E-state index contributed by atoms with van der Waals surface area (Å²) >= 11 is 0. The number of benzene rings is 1. The minimum absolute atomic E-state index is 0.781. The van der Waals surface area contributed by atoms with E-state index in [-0.39, 0.29) is 0 Å². The summed E-state index contributed by atoms with van der Waals surface area (Å²) in [6, 6.07) is 10.2. The molecule has 0 aliphatic heterocycles. The molecule has 2 aromatic rings. The molecule has 0 radical (unpaired) electrons. The molecule has 1 aromatic heterocycles. The predicted octanol–water partition coefficient (Wildman–Crippen LogP) is 5.08. The van der Waals surface area contributed by atoms with Gasteiger partial charge in [0, 0.05) is 5.69 Å². The average Bonchev–Trinajstić information content (AvgIpc) is 2.45. The van der Waals surface area contributed by atoms with Gasteiger partial charge in [0.1, 0.15) is 11.5 Å². The van der Waals surface area contributed by atoms with Crippen molar-refractivity contribution >= 4 is 0 Å². The number of hydrogen-bond donors (Lipinski definition) is 0. The predicted molar refractivity (Wildman–Crippen MR) is 81.0 cm³/mol. The summed E-state index contributed by atoms with van der Waals surface area (Å²) in [5, 5.41) is 0. The molecule has 0 atom stereocenters. The largest absolute Gasteiger partial charge is 0.455 e. The van der Waals surface area contributed by atoms with Crippen LogP contribution in [0.3, 0.4) is 0 Å². The lowest BCUT2D eigenvalue weighted by Gasteiger charge is -2.09. The number of hydrogen-bond acceptors (Lipinski definition) is 2. The molecule has 0 N–H and O–H groups in total. The van der Waals surface area contributed by atoms with Crippen LogP contribution < -0.4 is 4.74 Å². The highest BCUT2D eigenvalue weighted by molar-refractivity contribution is 5.39. The molecule has 0 bridgehead atoms. The van der Waals surface area contributed by atoms with Gasteiger partial charge in [0.25, 0.3) is 0 Å². The van der Waals surface area contributed by atoms with E-state index < -0.39 is 0 Å². The van der Waals surface area contributed by atoms with E-state index in [2.05, 4.69) is 31.0 Å². The van der Waals surface area contributed by atoms with Gasteiger partial charge in [0.05, 0.1) is 6.20 Å². The summed E-state index contributed by atoms with van der Waals surface area (Å²) in [5.41, 5.74) is 3.48. The molecular formula is C17H23NO. The fraction of sp³-hybridized carbons (Fsp3) is 0.353. The Kier molecular flexibility index (Phi) is 6.07. The van der Waals surface area contributed by atoms with Crippen LogP contribution in [0, 0.1) is 13.8 Å². The molecule has 0 aliphatic carbocycles. The van der Waals surface area contributed by atoms with E-state index >= 15 is 0 Å². The van der Waals surface area contributed by atoms with E-state index in [1.807, 2.05) is 39.0 Å². The Morgan fingerprint density at radius 1 is 1.05 bits per heavy atom. The van der Waals surface area contributed by atoms with Crippen molar-refractivity contribution in [3.05, 3.63) is 53.3 Å². The number of nitrogens with zero attached hydrogens (tertiary/aromatic N) is 1. The number of pyridine rings is 1. The van der Waals surface area contributed by atoms with Crippen LogP contribution in [0.1, 0.15) is 37.6 Å². The Balaban J connectivity index is 0.000000861. The maximum Gasteiger partial charge on any atom is 0.145 e. The van der Waals surface area contributed by atoms with Crippen LogP contribution in [0.25, 0.3) is 0 Å². The van der Waals surface area contributed by atoms with Crippen molar-refractivity contribution in [2.75, 3.05) is 0 Å². The fourth-order valence-corrected chi connectivity index (χ4v) is 1.69. The van der Waals surface area contributed by atoms with Crippen molar-refractivity contribution in [1.82, 2.24) is 4.98 Å². The monoisotopic (exact) mass is 257 g/mol. The highest BCUT2D eigenvalue weighted by Gasteiger charge is 2.02. The normalized spacial score (nSPS) is 9.53. The van der Waals surface area contributed by atoms with Crippen LogP contribution in [-0.2, 0) is 6.42 Å². The van der Waals surface area contributed by atoms with Gasteiger partial charge in [-0.2, -0.15) is 0 Å². The number of rotatable bonds is 3. The summed E-state index contributed by atoms with van der Waals surface area (Å²) in [6.07, 6.45) is 2.80. The second-order valence-electron chi connectivity index (χ2n) is 4.19. The summed E-state index contributed by atoms with van der Waals surface area (Å²) < 4.78 is 5.80. The number of aromatic nitrogens is 1. The van der Waals surface area contributed by atoms with Gasteiger partial charge in [0.2, 0.25) is 0 Å². The van der Waals surface area contributed by atoms with Crippen molar-refractivity contribution < 1.29 is 4.74 Å². The lowest BCUT2D eigenvalue weighted by atomic mass is 10.1. The molecule has 0 saturated carbocycles. The zero-order valence-electron chi connectivity index (χ0n) is 12.5. The molecule has 1 aromatic carbocycles. The summed E-state index contributed by atoms with van der Waals surface area (Å²) in [5.74, 6) is 1.68. The molecule has 0 aliphatic rings. The molecule has 102 valence electrons. The first-order valence-electron chi connectivity index (χ1n) is 6.89. The quantitative estimate of drug-likeness (QED) is 0.765. The maximum atomic E-state index is 5.80. The van der Waals surface area contributed by atoms with Crippen molar-refractivity contribution in [3.63, 3.8) is 0 Å². The maximum absolute atomic E-state index is 5.80. The number of aryl methyl sites for hydroxylation is 3. The third-order valence-electron chi connectivity index (χ3n) is 2.76. The summed E-state index contributed by atoms with van der Waals surface area (Å²) in [6.45, 7) is 10.2. The van der Waals surface area contributed by atoms with Crippen molar-refractivity contribution in [2.24, 2.45) is 0 Å². The van der Waals surface area contributed by atoms with Gasteiger partial charge in [-0.1, -0.05) is 32.9 Å². The molecule has 2 heteroatoms. The standard InChI is InChI=1S/C15H17NO.C2H6/c1-4-13-6-8-15(11(2)9-13)17-14-7-5-12(3)16-10-14;1-2/h5-10H,4H2,1-3H3;1-2H3. The first-order chi connectivity index (χ1) is 9.19. The second kappa shape index (κ2) is 7.57. The van der Waals surface area contributed by atoms with Gasteiger partial charge in [-0.25, -0.2) is 0 Å². The molecule has 19 heavy (non-hydrogen) atoms. The van der Waals surface area contributed by atoms with Crippen molar-refractivity contribution in [3.8, 4) is 11.5 Å². The summed E-state index contributed by atoms with van der Waals surface area (Å²) in [7, 11) is 0. The molecule has 0 amide bonds. The highest BCUT2D eigenvalue weighted by atomic mass is 16.5. The van der Waals surface area contributed by atoms with E-state index in [0.29, 0.717) is 0 Å². The van der Waals surface area contributed by atoms with Gasteiger partial charge >= 0.3 is 0 Å². The Bertz CT molecular complexity index is 503. The first kappa shape index (κ1) is 15.2. The lowest BCUT2D eigenvalue weighted by Crippen LogP contribution is -1.90. The Morgan fingerprint density at radius 2 is 1.79 bits per heavy atom. The van der Waals surface area contributed by atoms with Gasteiger partial charge in [-0.15, -0.1) is 0 Å². The van der Waals surface area contributed by atoms with Crippen LogP contribution in [0.5, 0.6) is 11.5 Å². The topological polar surface area (TPSA) is 22.1 Å². The van der Waals surface area contributed by atoms with Gasteiger partial charge in [0.15, 0.2) is 0 Å². The Morgan fingerprint density at radius 3 is 2.32 bits per heavy atom. The van der Waals surface area contributed by atoms with Crippen LogP contribution in [0.4, 0.5) is 0 Å². The molecule has 2 rings (SSSR count). The van der Waals surface area contributed by atoms with E-state index in [1.165, 1.54) is 5.56 Å². The van der Waals surface area contributed by atoms with Gasteiger partial charge < -0.3 is 4.74 Å². The first-order valence-corrected chi connectivity index (χ1v) is 6.89. The summed E-state index contributed by atoms with van der Waals surface area (Å²) in [4.78, 5) is 4.21. The van der Waals surface area contributed by atoms with E-state index in [4.69, 9.17) is 4.74 Å². The SMILES string of the molecule is CC.CCc1ccc(Oc2ccc(C)nc2)c(C)c1. The second-order valence-corrected chi connectivity index (χ2v) is 4.19. The van der Waals surface area contributed by atoms with Crippen molar-refractivity contribution in [2.45, 2.75) is 41.0 Å². The fourth-order valence-electron chi connectivity index (χ4n) is 1.69. The van der Waals surface area contributed by atoms with E-state index in [9.17, 15) is 0 Å². The van der Waals surface area contributed by atoms with Gasteiger partial charge in [-0.05, 0) is 49.6 Å². The smallest absolute Gasteiger partial charge is 0.145 e. The minimum Gasteiger partial charge on any atom is -0.455 e. The Labute approximate surface area is 116 Å². The van der Waals surface area contributed by atoms with E-state index in [0.717, 1.165) is 29.2 Å². The minimum atomic E-state index is 0.781. The van der Waals surface area contributed by atoms with Crippen LogP contribution >= 0.6 is 0 Å². The molecule has 0 unspecified atom stereocenters. The zero-order valence-corrected chi connectivity index (χ0v) is 12.5. The number of ether oxygens (including phenoxy) is 1. The molecule has 0 spiro atoms. The average molecular weight is 257 g/mol. The molecule has 1 heterocycles. The molecule has 0 fully saturated rings. The molecule has 0 saturated heterocycles. The molecular weight excluding hydrogens is 234 g/mol. The van der Waals surface area contributed by atoms with Crippen LogP contribution in [0.2, 0.25) is 0 Å². The molecule has 2 nitrogen and oxygen atoms in total. The van der Waals surface area contributed by atoms with Crippen LogP contribution in [-0.4, -0.2) is 4.98 Å². The van der Waals surface area contributed by atoms with Gasteiger partial charge in [-0.3, -0.25) is 4.98 Å². The van der Waals surface area contributed by atoms with E-state index in [1.54, 1.807) is 6.20 Å². The third kappa shape index (κ3) is 4.40.